The van der Waals surface area contributed by atoms with Crippen molar-refractivity contribution in [3.63, 3.8) is 0 Å². The molecule has 2 aromatic rings. The fourth-order valence-electron chi connectivity index (χ4n) is 8.78. The molecule has 1 atom stereocenters. The van der Waals surface area contributed by atoms with E-state index in [9.17, 15) is 9.59 Å². The molecule has 7 nitrogen and oxygen atoms in total. The number of carbonyl (C=O) groups is 2. The summed E-state index contributed by atoms with van der Waals surface area (Å²) in [4.78, 5) is 34.4. The van der Waals surface area contributed by atoms with Crippen molar-refractivity contribution in [3.05, 3.63) is 63.4 Å². The van der Waals surface area contributed by atoms with Crippen LogP contribution < -0.4 is 15.4 Å². The number of hydrogen-bond donors (Lipinski definition) is 2. The minimum atomic E-state index is -0.0211. The molecule has 1 aromatic heterocycles. The van der Waals surface area contributed by atoms with E-state index >= 15 is 0 Å². The normalized spacial score (nSPS) is 30.6. The molecule has 1 aliphatic heterocycles. The predicted molar refractivity (Wildman–Crippen MR) is 184 cm³/mol. The quantitative estimate of drug-likeness (QED) is 0.299. The molecule has 2 amide bonds. The second kappa shape index (κ2) is 12.5. The largest absolute Gasteiger partial charge is 0.496 e. The zero-order valence-corrected chi connectivity index (χ0v) is 28.8. The topological polar surface area (TPSA) is 83.6 Å². The summed E-state index contributed by atoms with van der Waals surface area (Å²) in [5.74, 6) is 2.79. The van der Waals surface area contributed by atoms with Gasteiger partial charge in [0.05, 0.1) is 17.0 Å². The standard InChI is InChI=1S/C38H50N4O3S/c1-24-19-30(9-12-32(24)45-4)38-16-13-37(14-17-38,15-18-38)23-42(36(44)28-7-10-31(11-8-28)41-26(3)43)34-21-29(20-25(2)40-34)33-22-39-35(46-33)27-5-6-27/h9,12,19-22,25,27-28,31,40H,5-8,10-11,13-18,23H2,1-4H3,(H,41,43). The minimum absolute atomic E-state index is 0.0174. The molecule has 246 valence electrons. The highest BCUT2D eigenvalue weighted by molar-refractivity contribution is 7.12. The lowest BCUT2D eigenvalue weighted by atomic mass is 9.51. The molecule has 0 spiro atoms. The SMILES string of the molecule is COc1ccc(C23CCC(CN(C(=O)C4CCC(NC(C)=O)CC4)C4=CC(c5cnc(C6CC6)s5)=CC(C)N4)(CC2)CC3)cc1C. The van der Waals surface area contributed by atoms with E-state index in [1.807, 2.05) is 17.5 Å². The van der Waals surface area contributed by atoms with Gasteiger partial charge in [-0.25, -0.2) is 4.98 Å². The van der Waals surface area contributed by atoms with E-state index in [-0.39, 0.29) is 40.6 Å². The Hall–Kier alpha value is -3.13. The molecule has 0 radical (unpaired) electrons. The van der Waals surface area contributed by atoms with Gasteiger partial charge in [0.25, 0.3) is 0 Å². The maximum Gasteiger partial charge on any atom is 0.231 e. The average Bonchev–Trinajstić information content (AvgIpc) is 3.79. The molecule has 46 heavy (non-hydrogen) atoms. The summed E-state index contributed by atoms with van der Waals surface area (Å²) in [6.07, 6.45) is 19.3. The molecular formula is C38H50N4O3S. The first-order valence-corrected chi connectivity index (χ1v) is 18.4. The van der Waals surface area contributed by atoms with E-state index in [1.165, 1.54) is 58.7 Å². The number of carbonyl (C=O) groups excluding carboxylic acids is 2. The van der Waals surface area contributed by atoms with Gasteiger partial charge in [-0.2, -0.15) is 0 Å². The van der Waals surface area contributed by atoms with E-state index in [1.54, 1.807) is 14.0 Å². The average molecular weight is 643 g/mol. The summed E-state index contributed by atoms with van der Waals surface area (Å²) in [6.45, 7) is 6.68. The molecule has 8 rings (SSSR count). The maximum absolute atomic E-state index is 14.6. The molecule has 6 aliphatic rings. The first-order valence-electron chi connectivity index (χ1n) is 17.6. The predicted octanol–water partition coefficient (Wildman–Crippen LogP) is 7.37. The van der Waals surface area contributed by atoms with Crippen molar-refractivity contribution in [1.29, 1.82) is 0 Å². The van der Waals surface area contributed by atoms with Crippen LogP contribution in [0.5, 0.6) is 5.75 Å². The Morgan fingerprint density at radius 1 is 1.07 bits per heavy atom. The van der Waals surface area contributed by atoms with E-state index in [0.29, 0.717) is 5.92 Å². The fourth-order valence-corrected chi connectivity index (χ4v) is 9.87. The Labute approximate surface area is 278 Å². The molecule has 5 aliphatic carbocycles. The zero-order valence-electron chi connectivity index (χ0n) is 28.0. The number of allylic oxidation sites excluding steroid dienone is 2. The second-order valence-electron chi connectivity index (χ2n) is 15.1. The maximum atomic E-state index is 14.6. The molecule has 2 bridgehead atoms. The number of nitrogens with zero attached hydrogens (tertiary/aromatic N) is 2. The van der Waals surface area contributed by atoms with Crippen molar-refractivity contribution in [3.8, 4) is 5.75 Å². The van der Waals surface area contributed by atoms with Crippen LogP contribution in [0.25, 0.3) is 5.57 Å². The Morgan fingerprint density at radius 3 is 2.41 bits per heavy atom. The fraction of sp³-hybridized carbons (Fsp3) is 0.605. The molecule has 1 aromatic carbocycles. The van der Waals surface area contributed by atoms with Crippen LogP contribution >= 0.6 is 11.3 Å². The number of benzene rings is 1. The molecule has 1 unspecified atom stereocenters. The number of dihydropyridines is 1. The van der Waals surface area contributed by atoms with Crippen molar-refractivity contribution >= 4 is 28.7 Å². The van der Waals surface area contributed by atoms with Crippen molar-refractivity contribution in [2.24, 2.45) is 11.3 Å². The Bertz CT molecular complexity index is 1520. The molecule has 0 saturated heterocycles. The second-order valence-corrected chi connectivity index (χ2v) is 16.1. The van der Waals surface area contributed by atoms with Crippen LogP contribution in [0.1, 0.15) is 118 Å². The van der Waals surface area contributed by atoms with E-state index in [4.69, 9.17) is 9.72 Å². The zero-order chi connectivity index (χ0) is 32.1. The van der Waals surface area contributed by atoms with E-state index in [0.717, 1.165) is 63.1 Å². The van der Waals surface area contributed by atoms with Gasteiger partial charge in [0.2, 0.25) is 11.8 Å². The molecule has 2 N–H and O–H groups in total. The van der Waals surface area contributed by atoms with Gasteiger partial charge < -0.3 is 15.4 Å². The Balaban J connectivity index is 1.14. The molecule has 5 saturated carbocycles. The number of aryl methyl sites for hydroxylation is 1. The van der Waals surface area contributed by atoms with Crippen LogP contribution in [0.3, 0.4) is 0 Å². The summed E-state index contributed by atoms with van der Waals surface area (Å²) >= 11 is 1.82. The minimum Gasteiger partial charge on any atom is -0.496 e. The van der Waals surface area contributed by atoms with Crippen LogP contribution in [-0.2, 0) is 15.0 Å². The third-order valence-electron chi connectivity index (χ3n) is 11.8. The lowest BCUT2D eigenvalue weighted by Crippen LogP contribution is -2.53. The third-order valence-corrected chi connectivity index (χ3v) is 13.0. The number of hydrogen-bond acceptors (Lipinski definition) is 6. The highest BCUT2D eigenvalue weighted by Gasteiger charge is 2.51. The number of methoxy groups -OCH3 is 1. The highest BCUT2D eigenvalue weighted by Crippen LogP contribution is 2.58. The lowest BCUT2D eigenvalue weighted by Gasteiger charge is -2.55. The first kappa shape index (κ1) is 31.5. The van der Waals surface area contributed by atoms with E-state index in [2.05, 4.69) is 59.7 Å². The number of fused-ring (bicyclic) bond motifs is 3. The summed E-state index contributed by atoms with van der Waals surface area (Å²) < 4.78 is 5.56. The van der Waals surface area contributed by atoms with Crippen LogP contribution in [-0.4, -0.2) is 47.4 Å². The summed E-state index contributed by atoms with van der Waals surface area (Å²) in [5.41, 5.74) is 4.20. The summed E-state index contributed by atoms with van der Waals surface area (Å²) in [5, 5.41) is 8.05. The highest BCUT2D eigenvalue weighted by atomic mass is 32.1. The van der Waals surface area contributed by atoms with Crippen LogP contribution in [0.2, 0.25) is 0 Å². The van der Waals surface area contributed by atoms with Gasteiger partial charge in [0, 0.05) is 43.6 Å². The number of nitrogens with one attached hydrogen (secondary N) is 2. The monoisotopic (exact) mass is 642 g/mol. The van der Waals surface area contributed by atoms with Gasteiger partial charge in [-0.1, -0.05) is 18.2 Å². The number of rotatable bonds is 9. The van der Waals surface area contributed by atoms with Crippen LogP contribution in [0, 0.1) is 18.3 Å². The van der Waals surface area contributed by atoms with Gasteiger partial charge in [0.15, 0.2) is 0 Å². The van der Waals surface area contributed by atoms with E-state index < -0.39 is 0 Å². The van der Waals surface area contributed by atoms with Crippen molar-refractivity contribution in [2.75, 3.05) is 13.7 Å². The first-order chi connectivity index (χ1) is 22.2. The Kier molecular flexibility index (Phi) is 8.54. The molecule has 5 fully saturated rings. The Morgan fingerprint density at radius 2 is 1.78 bits per heavy atom. The van der Waals surface area contributed by atoms with Gasteiger partial charge in [-0.05, 0) is 131 Å². The lowest BCUT2D eigenvalue weighted by molar-refractivity contribution is -0.138. The van der Waals surface area contributed by atoms with Crippen molar-refractivity contribution < 1.29 is 14.3 Å². The summed E-state index contributed by atoms with van der Waals surface area (Å²) in [7, 11) is 1.75. The third kappa shape index (κ3) is 6.26. The van der Waals surface area contributed by atoms with Crippen molar-refractivity contribution in [2.45, 2.75) is 121 Å². The molecule has 2 heterocycles. The van der Waals surface area contributed by atoms with Crippen LogP contribution in [0.15, 0.2) is 42.4 Å². The molecular weight excluding hydrogens is 593 g/mol. The number of ether oxygens (including phenoxy) is 1. The smallest absolute Gasteiger partial charge is 0.231 e. The van der Waals surface area contributed by atoms with Crippen LogP contribution in [0.4, 0.5) is 0 Å². The van der Waals surface area contributed by atoms with Gasteiger partial charge in [0.1, 0.15) is 11.6 Å². The number of aromatic nitrogens is 1. The number of amides is 2. The number of thiazole rings is 1. The summed E-state index contributed by atoms with van der Waals surface area (Å²) in [6, 6.07) is 7.07. The molecule has 8 heteroatoms. The van der Waals surface area contributed by atoms with Gasteiger partial charge >= 0.3 is 0 Å². The van der Waals surface area contributed by atoms with Crippen molar-refractivity contribution in [1.82, 2.24) is 20.5 Å². The van der Waals surface area contributed by atoms with Gasteiger partial charge in [-0.15, -0.1) is 11.3 Å². The van der Waals surface area contributed by atoms with Gasteiger partial charge in [-0.3, -0.25) is 14.5 Å².